The smallest absolute Gasteiger partial charge is 0.325 e. The van der Waals surface area contributed by atoms with Gasteiger partial charge in [0.2, 0.25) is 19.5 Å². The van der Waals surface area contributed by atoms with Gasteiger partial charge in [0, 0.05) is 18.2 Å². The van der Waals surface area contributed by atoms with Crippen LogP contribution in [-0.4, -0.2) is 48.4 Å². The second-order valence-corrected chi connectivity index (χ2v) is 7.63. The van der Waals surface area contributed by atoms with Crippen molar-refractivity contribution in [2.75, 3.05) is 25.4 Å². The largest absolute Gasteiger partial charge is 0.454 e. The number of amides is 4. The number of nitrogens with one attached hydrogen (secondary N) is 2. The molecule has 1 unspecified atom stereocenters. The molecule has 2 aromatic rings. The van der Waals surface area contributed by atoms with Crippen LogP contribution in [-0.2, 0) is 16.0 Å². The van der Waals surface area contributed by atoms with Crippen molar-refractivity contribution < 1.29 is 33.3 Å². The number of nitrogens with zero attached hydrogens (tertiary/aromatic N) is 1. The van der Waals surface area contributed by atoms with Crippen LogP contribution < -0.4 is 29.6 Å². The van der Waals surface area contributed by atoms with Crippen LogP contribution in [0.3, 0.4) is 0 Å². The summed E-state index contributed by atoms with van der Waals surface area (Å²) < 4.78 is 21.2. The number of imide groups is 1. The SMILES string of the molecule is CC1(Cc2ccc3c(c2)OCO3)NC(=O)N(CC(=O)Nc2ccc3c(c2)OCO3)C1=O. The van der Waals surface area contributed by atoms with Crippen molar-refractivity contribution in [3.05, 3.63) is 42.0 Å². The van der Waals surface area contributed by atoms with Crippen molar-refractivity contribution in [1.82, 2.24) is 10.2 Å². The highest BCUT2D eigenvalue weighted by molar-refractivity contribution is 6.10. The lowest BCUT2D eigenvalue weighted by Gasteiger charge is -2.22. The van der Waals surface area contributed by atoms with E-state index in [0.717, 1.165) is 10.5 Å². The molecule has 3 heterocycles. The Hall–Kier alpha value is -3.95. The summed E-state index contributed by atoms with van der Waals surface area (Å²) in [5.74, 6) is 1.36. The predicted octanol–water partition coefficient (Wildman–Crippen LogP) is 1.64. The van der Waals surface area contributed by atoms with Gasteiger partial charge >= 0.3 is 6.03 Å². The van der Waals surface area contributed by atoms with Crippen LogP contribution in [0.4, 0.5) is 10.5 Å². The maximum Gasteiger partial charge on any atom is 0.325 e. The van der Waals surface area contributed by atoms with Gasteiger partial charge in [-0.2, -0.15) is 0 Å². The number of hydrogen-bond acceptors (Lipinski definition) is 7. The zero-order valence-corrected chi connectivity index (χ0v) is 16.6. The van der Waals surface area contributed by atoms with Gasteiger partial charge in [0.15, 0.2) is 23.0 Å². The van der Waals surface area contributed by atoms with Gasteiger partial charge in [-0.05, 0) is 36.8 Å². The van der Waals surface area contributed by atoms with Crippen LogP contribution >= 0.6 is 0 Å². The second-order valence-electron chi connectivity index (χ2n) is 7.63. The quantitative estimate of drug-likeness (QED) is 0.700. The normalized spacial score (nSPS) is 20.7. The Morgan fingerprint density at radius 2 is 1.65 bits per heavy atom. The van der Waals surface area contributed by atoms with Gasteiger partial charge in [-0.15, -0.1) is 0 Å². The standard InChI is InChI=1S/C21H19N3O7/c1-21(8-12-2-4-14-16(6-12)30-10-28-14)19(26)24(20(27)23-21)9-18(25)22-13-3-5-15-17(7-13)31-11-29-15/h2-7H,8-11H2,1H3,(H,22,25)(H,23,27). The predicted molar refractivity (Wildman–Crippen MR) is 106 cm³/mol. The molecule has 1 saturated heterocycles. The monoisotopic (exact) mass is 425 g/mol. The van der Waals surface area contributed by atoms with Crippen molar-refractivity contribution in [3.8, 4) is 23.0 Å². The van der Waals surface area contributed by atoms with Crippen LogP contribution in [0.15, 0.2) is 36.4 Å². The molecule has 0 aromatic heterocycles. The lowest BCUT2D eigenvalue weighted by atomic mass is 9.92. The third-order valence-corrected chi connectivity index (χ3v) is 5.30. The van der Waals surface area contributed by atoms with Crippen LogP contribution in [0.1, 0.15) is 12.5 Å². The van der Waals surface area contributed by atoms with Crippen LogP contribution in [0.2, 0.25) is 0 Å². The van der Waals surface area contributed by atoms with E-state index in [1.54, 1.807) is 37.3 Å². The molecule has 0 bridgehead atoms. The van der Waals surface area contributed by atoms with E-state index in [-0.39, 0.29) is 20.0 Å². The van der Waals surface area contributed by atoms with E-state index in [4.69, 9.17) is 18.9 Å². The van der Waals surface area contributed by atoms with Gasteiger partial charge in [-0.3, -0.25) is 14.5 Å². The van der Waals surface area contributed by atoms with Gasteiger partial charge in [0.25, 0.3) is 5.91 Å². The molecular formula is C21H19N3O7. The fourth-order valence-electron chi connectivity index (χ4n) is 3.79. The molecule has 31 heavy (non-hydrogen) atoms. The van der Waals surface area contributed by atoms with Crippen molar-refractivity contribution in [3.63, 3.8) is 0 Å². The maximum absolute atomic E-state index is 13.0. The van der Waals surface area contributed by atoms with Crippen molar-refractivity contribution >= 4 is 23.5 Å². The second kappa shape index (κ2) is 7.08. The van der Waals surface area contributed by atoms with E-state index in [1.807, 2.05) is 6.07 Å². The molecule has 10 nitrogen and oxygen atoms in total. The van der Waals surface area contributed by atoms with Gasteiger partial charge in [0.05, 0.1) is 0 Å². The van der Waals surface area contributed by atoms with Gasteiger partial charge in [-0.1, -0.05) is 6.07 Å². The molecule has 2 N–H and O–H groups in total. The highest BCUT2D eigenvalue weighted by atomic mass is 16.7. The Bertz CT molecular complexity index is 1100. The molecule has 1 fully saturated rings. The number of carbonyl (C=O) groups is 3. The molecule has 160 valence electrons. The molecule has 5 rings (SSSR count). The average Bonchev–Trinajstić information content (AvgIpc) is 3.43. The highest BCUT2D eigenvalue weighted by Crippen LogP contribution is 2.35. The number of ether oxygens (including phenoxy) is 4. The summed E-state index contributed by atoms with van der Waals surface area (Å²) in [7, 11) is 0. The number of rotatable bonds is 5. The van der Waals surface area contributed by atoms with E-state index in [9.17, 15) is 14.4 Å². The molecule has 10 heteroatoms. The first-order chi connectivity index (χ1) is 14.9. The number of benzene rings is 2. The van der Waals surface area contributed by atoms with Gasteiger partial charge < -0.3 is 29.6 Å². The van der Waals surface area contributed by atoms with Crippen LogP contribution in [0.5, 0.6) is 23.0 Å². The zero-order valence-electron chi connectivity index (χ0n) is 16.6. The minimum absolute atomic E-state index is 0.122. The summed E-state index contributed by atoms with van der Waals surface area (Å²) in [5, 5.41) is 5.36. The van der Waals surface area contributed by atoms with E-state index in [1.165, 1.54) is 0 Å². The van der Waals surface area contributed by atoms with E-state index in [0.29, 0.717) is 28.7 Å². The Morgan fingerprint density at radius 1 is 1.00 bits per heavy atom. The van der Waals surface area contributed by atoms with Gasteiger partial charge in [-0.25, -0.2) is 4.79 Å². The number of urea groups is 1. The Balaban J connectivity index is 1.25. The van der Waals surface area contributed by atoms with Crippen LogP contribution in [0.25, 0.3) is 0 Å². The molecule has 4 amide bonds. The third-order valence-electron chi connectivity index (χ3n) is 5.30. The summed E-state index contributed by atoms with van der Waals surface area (Å²) in [6.45, 7) is 1.50. The molecule has 0 aliphatic carbocycles. The Labute approximate surface area is 177 Å². The summed E-state index contributed by atoms with van der Waals surface area (Å²) >= 11 is 0. The van der Waals surface area contributed by atoms with Crippen molar-refractivity contribution in [2.24, 2.45) is 0 Å². The molecule has 0 spiro atoms. The molecule has 2 aromatic carbocycles. The topological polar surface area (TPSA) is 115 Å². The van der Waals surface area contributed by atoms with E-state index < -0.39 is 29.9 Å². The maximum atomic E-state index is 13.0. The van der Waals surface area contributed by atoms with Crippen LogP contribution in [0, 0.1) is 0 Å². The molecule has 0 radical (unpaired) electrons. The summed E-state index contributed by atoms with van der Waals surface area (Å²) in [4.78, 5) is 38.8. The van der Waals surface area contributed by atoms with E-state index in [2.05, 4.69) is 10.6 Å². The Morgan fingerprint density at radius 3 is 2.39 bits per heavy atom. The number of hydrogen-bond donors (Lipinski definition) is 2. The molecule has 1 atom stereocenters. The third kappa shape index (κ3) is 3.45. The molecule has 0 saturated carbocycles. The fraction of sp³-hybridized carbons (Fsp3) is 0.286. The number of carbonyl (C=O) groups excluding carboxylic acids is 3. The first kappa shape index (κ1) is 19.0. The lowest BCUT2D eigenvalue weighted by molar-refractivity contribution is -0.133. The number of anilines is 1. The van der Waals surface area contributed by atoms with Crippen molar-refractivity contribution in [1.29, 1.82) is 0 Å². The first-order valence-electron chi connectivity index (χ1n) is 9.63. The molecule has 3 aliphatic rings. The molecular weight excluding hydrogens is 406 g/mol. The minimum Gasteiger partial charge on any atom is -0.454 e. The lowest BCUT2D eigenvalue weighted by Crippen LogP contribution is -2.46. The molecule has 3 aliphatic heterocycles. The van der Waals surface area contributed by atoms with Gasteiger partial charge in [0.1, 0.15) is 12.1 Å². The fourth-order valence-corrected chi connectivity index (χ4v) is 3.79. The summed E-state index contributed by atoms with van der Waals surface area (Å²) in [5.41, 5.74) is 0.0977. The average molecular weight is 425 g/mol. The number of fused-ring (bicyclic) bond motifs is 2. The minimum atomic E-state index is -1.18. The Kier molecular flexibility index (Phi) is 4.35. The summed E-state index contributed by atoms with van der Waals surface area (Å²) in [6, 6.07) is 9.69. The summed E-state index contributed by atoms with van der Waals surface area (Å²) in [6.07, 6.45) is 0.245. The van der Waals surface area contributed by atoms with E-state index >= 15 is 0 Å². The first-order valence-corrected chi connectivity index (χ1v) is 9.63. The zero-order chi connectivity index (χ0) is 21.6. The highest BCUT2D eigenvalue weighted by Gasteiger charge is 2.48. The van der Waals surface area contributed by atoms with Crippen molar-refractivity contribution in [2.45, 2.75) is 18.9 Å².